The zero-order valence-electron chi connectivity index (χ0n) is 48.6. The summed E-state index contributed by atoms with van der Waals surface area (Å²) < 4.78 is 16.9. The fourth-order valence-electron chi connectivity index (χ4n) is 8.65. The van der Waals surface area contributed by atoms with E-state index in [0.717, 1.165) is 103 Å². The Morgan fingerprint density at radius 2 is 0.527 bits per heavy atom. The quantitative estimate of drug-likeness (QED) is 0.0261. The minimum atomic E-state index is -0.798. The van der Waals surface area contributed by atoms with Gasteiger partial charge in [-0.15, -0.1) is 0 Å². The molecule has 0 rings (SSSR count). The number of allylic oxidation sites excluding steroid dienone is 16. The van der Waals surface area contributed by atoms with Gasteiger partial charge in [-0.25, -0.2) is 0 Å². The molecule has 0 aromatic rings. The van der Waals surface area contributed by atoms with Crippen LogP contribution in [0.5, 0.6) is 0 Å². The maximum atomic E-state index is 12.9. The van der Waals surface area contributed by atoms with Gasteiger partial charge in [0.25, 0.3) is 0 Å². The van der Waals surface area contributed by atoms with Gasteiger partial charge in [0.05, 0.1) is 0 Å². The average Bonchev–Trinajstić information content (AvgIpc) is 3.40. The van der Waals surface area contributed by atoms with E-state index in [1.165, 1.54) is 154 Å². The van der Waals surface area contributed by atoms with Gasteiger partial charge in [0.1, 0.15) is 13.2 Å². The highest BCUT2D eigenvalue weighted by Gasteiger charge is 2.19. The largest absolute Gasteiger partial charge is 0.462 e. The van der Waals surface area contributed by atoms with Crippen molar-refractivity contribution in [3.8, 4) is 0 Å². The van der Waals surface area contributed by atoms with E-state index in [0.29, 0.717) is 19.3 Å². The first-order valence-corrected chi connectivity index (χ1v) is 31.2. The summed E-state index contributed by atoms with van der Waals surface area (Å²) in [5.74, 6) is -0.931. The normalized spacial score (nSPS) is 12.7. The molecule has 6 nitrogen and oxygen atoms in total. The standard InChI is InChI=1S/C68H116O6/c1-4-7-10-13-16-19-22-25-28-30-32-34-36-38-40-43-46-49-52-55-58-61-67(70)73-64-65(63-72-66(69)60-57-54-51-48-45-42-27-24-21-18-15-12-9-6-3)74-68(71)62-59-56-53-50-47-44-41-39-37-35-33-31-29-26-23-20-17-14-11-8-5-2/h7,10,16,19,23,25-26,28,31-34,38,40,46,49,65H,4-6,8-9,11-15,17-18,20-22,24,27,29-30,35-37,39,41-45,47-48,50-64H2,1-3H3/b10-7-,19-16-,26-23-,28-25-,33-31-,34-32-,40-38-,49-46-. The molecule has 0 fully saturated rings. The van der Waals surface area contributed by atoms with Crippen LogP contribution in [0.15, 0.2) is 97.2 Å². The second-order valence-corrected chi connectivity index (χ2v) is 20.6. The average molecular weight is 1030 g/mol. The molecule has 0 saturated carbocycles. The molecule has 424 valence electrons. The highest BCUT2D eigenvalue weighted by atomic mass is 16.6. The molecule has 1 unspecified atom stereocenters. The lowest BCUT2D eigenvalue weighted by atomic mass is 10.0. The monoisotopic (exact) mass is 1030 g/mol. The van der Waals surface area contributed by atoms with Crippen molar-refractivity contribution in [3.05, 3.63) is 97.2 Å². The third-order valence-corrected chi connectivity index (χ3v) is 13.3. The van der Waals surface area contributed by atoms with Crippen LogP contribution >= 0.6 is 0 Å². The molecule has 0 aliphatic carbocycles. The first kappa shape index (κ1) is 70.3. The van der Waals surface area contributed by atoms with Crippen LogP contribution in [-0.4, -0.2) is 37.2 Å². The van der Waals surface area contributed by atoms with Gasteiger partial charge >= 0.3 is 17.9 Å². The van der Waals surface area contributed by atoms with Gasteiger partial charge in [0.2, 0.25) is 0 Å². The Labute approximate surface area is 457 Å². The van der Waals surface area contributed by atoms with E-state index < -0.39 is 6.10 Å². The zero-order valence-corrected chi connectivity index (χ0v) is 48.6. The Hall–Kier alpha value is -3.67. The molecule has 0 aliphatic rings. The lowest BCUT2D eigenvalue weighted by molar-refractivity contribution is -0.167. The molecule has 74 heavy (non-hydrogen) atoms. The number of carbonyl (C=O) groups excluding carboxylic acids is 3. The van der Waals surface area contributed by atoms with Crippen LogP contribution in [0.3, 0.4) is 0 Å². The summed E-state index contributed by atoms with van der Waals surface area (Å²) in [6, 6.07) is 0. The molecule has 0 bridgehead atoms. The van der Waals surface area contributed by atoms with Crippen LogP contribution in [-0.2, 0) is 28.6 Å². The molecule has 0 radical (unpaired) electrons. The molecule has 0 aromatic carbocycles. The van der Waals surface area contributed by atoms with E-state index in [9.17, 15) is 14.4 Å². The van der Waals surface area contributed by atoms with Crippen LogP contribution in [0.4, 0.5) is 0 Å². The first-order valence-electron chi connectivity index (χ1n) is 31.2. The lowest BCUT2D eigenvalue weighted by Crippen LogP contribution is -2.30. The van der Waals surface area contributed by atoms with Crippen molar-refractivity contribution in [2.45, 2.75) is 303 Å². The minimum Gasteiger partial charge on any atom is -0.462 e. The summed E-state index contributed by atoms with van der Waals surface area (Å²) >= 11 is 0. The molecule has 0 aliphatic heterocycles. The van der Waals surface area contributed by atoms with Gasteiger partial charge in [-0.1, -0.05) is 272 Å². The molecule has 6 heteroatoms. The smallest absolute Gasteiger partial charge is 0.306 e. The number of ether oxygens (including phenoxy) is 3. The van der Waals surface area contributed by atoms with Gasteiger partial charge in [0.15, 0.2) is 6.10 Å². The van der Waals surface area contributed by atoms with Crippen LogP contribution in [0.1, 0.15) is 297 Å². The van der Waals surface area contributed by atoms with Crippen molar-refractivity contribution in [1.82, 2.24) is 0 Å². The van der Waals surface area contributed by atoms with Gasteiger partial charge in [-0.05, 0) is 103 Å². The van der Waals surface area contributed by atoms with Gasteiger partial charge < -0.3 is 14.2 Å². The number of rotatable bonds is 56. The van der Waals surface area contributed by atoms with Crippen LogP contribution in [0.25, 0.3) is 0 Å². The summed E-state index contributed by atoms with van der Waals surface area (Å²) in [6.45, 7) is 6.50. The SMILES string of the molecule is CC/C=C\C/C=C\C/C=C\C/C=C\C/C=C\C/C=C\CCCCC(=O)OCC(COC(=O)CCCCCCCCCCCCCCCC)OC(=O)CCCCCCCCCCC/C=C\C/C=C\CCCCCCC. The summed E-state index contributed by atoms with van der Waals surface area (Å²) in [4.78, 5) is 38.3. The third-order valence-electron chi connectivity index (χ3n) is 13.3. The molecular weight excluding hydrogens is 913 g/mol. The van der Waals surface area contributed by atoms with E-state index in [-0.39, 0.29) is 31.1 Å². The Balaban J connectivity index is 4.44. The lowest BCUT2D eigenvalue weighted by Gasteiger charge is -2.18. The molecule has 1 atom stereocenters. The summed E-state index contributed by atoms with van der Waals surface area (Å²) in [5, 5.41) is 0. The molecule has 0 amide bonds. The van der Waals surface area contributed by atoms with Gasteiger partial charge in [-0.3, -0.25) is 14.4 Å². The maximum absolute atomic E-state index is 12.9. The fourth-order valence-corrected chi connectivity index (χ4v) is 8.65. The minimum absolute atomic E-state index is 0.0912. The van der Waals surface area contributed by atoms with Crippen molar-refractivity contribution in [1.29, 1.82) is 0 Å². The van der Waals surface area contributed by atoms with E-state index in [4.69, 9.17) is 14.2 Å². The highest BCUT2D eigenvalue weighted by Crippen LogP contribution is 2.16. The zero-order chi connectivity index (χ0) is 53.6. The number of esters is 3. The Bertz CT molecular complexity index is 1460. The molecule has 0 N–H and O–H groups in total. The van der Waals surface area contributed by atoms with Crippen molar-refractivity contribution >= 4 is 17.9 Å². The van der Waals surface area contributed by atoms with E-state index >= 15 is 0 Å². The summed E-state index contributed by atoms with van der Waals surface area (Å²) in [7, 11) is 0. The second kappa shape index (κ2) is 61.9. The van der Waals surface area contributed by atoms with E-state index in [1.807, 2.05) is 0 Å². The Morgan fingerprint density at radius 1 is 0.284 bits per heavy atom. The molecule has 0 aromatic heterocycles. The Morgan fingerprint density at radius 3 is 0.851 bits per heavy atom. The van der Waals surface area contributed by atoms with Crippen LogP contribution in [0.2, 0.25) is 0 Å². The predicted octanol–water partition coefficient (Wildman–Crippen LogP) is 21.3. The van der Waals surface area contributed by atoms with Crippen LogP contribution < -0.4 is 0 Å². The molecular formula is C68H116O6. The number of hydrogen-bond acceptors (Lipinski definition) is 6. The molecule has 0 heterocycles. The molecule has 0 saturated heterocycles. The number of carbonyl (C=O) groups is 3. The van der Waals surface area contributed by atoms with Crippen molar-refractivity contribution in [2.24, 2.45) is 0 Å². The predicted molar refractivity (Wildman–Crippen MR) is 320 cm³/mol. The Kier molecular flexibility index (Phi) is 58.8. The first-order chi connectivity index (χ1) is 36.5. The second-order valence-electron chi connectivity index (χ2n) is 20.6. The van der Waals surface area contributed by atoms with E-state index in [1.54, 1.807) is 0 Å². The maximum Gasteiger partial charge on any atom is 0.306 e. The van der Waals surface area contributed by atoms with Crippen molar-refractivity contribution in [2.75, 3.05) is 13.2 Å². The third kappa shape index (κ3) is 59.2. The van der Waals surface area contributed by atoms with Crippen molar-refractivity contribution in [3.63, 3.8) is 0 Å². The number of unbranched alkanes of at least 4 members (excludes halogenated alkanes) is 29. The van der Waals surface area contributed by atoms with Gasteiger partial charge in [-0.2, -0.15) is 0 Å². The summed E-state index contributed by atoms with van der Waals surface area (Å²) in [5.41, 5.74) is 0. The summed E-state index contributed by atoms with van der Waals surface area (Å²) in [6.07, 6.45) is 82.6. The fraction of sp³-hybridized carbons (Fsp3) is 0.721. The molecule has 0 spiro atoms. The highest BCUT2D eigenvalue weighted by molar-refractivity contribution is 5.71. The van der Waals surface area contributed by atoms with Crippen molar-refractivity contribution < 1.29 is 28.6 Å². The number of hydrogen-bond donors (Lipinski definition) is 0. The van der Waals surface area contributed by atoms with E-state index in [2.05, 4.69) is 118 Å². The van der Waals surface area contributed by atoms with Crippen LogP contribution in [0, 0.1) is 0 Å². The topological polar surface area (TPSA) is 78.9 Å². The van der Waals surface area contributed by atoms with Gasteiger partial charge in [0, 0.05) is 19.3 Å².